The van der Waals surface area contributed by atoms with Crippen LogP contribution in [0.5, 0.6) is 0 Å². The van der Waals surface area contributed by atoms with Crippen molar-refractivity contribution in [3.05, 3.63) is 60.8 Å². The lowest BCUT2D eigenvalue weighted by molar-refractivity contribution is -0.161. The molecule has 0 heterocycles. The summed E-state index contributed by atoms with van der Waals surface area (Å²) in [5, 5.41) is 10.1. The van der Waals surface area contributed by atoms with Crippen molar-refractivity contribution in [2.75, 3.05) is 13.2 Å². The van der Waals surface area contributed by atoms with E-state index in [4.69, 9.17) is 19.3 Å². The Morgan fingerprint density at radius 1 is 0.653 bits per heavy atom. The Morgan fingerprint density at radius 3 is 1.88 bits per heavy atom. The molecule has 0 aliphatic heterocycles. The van der Waals surface area contributed by atoms with E-state index in [0.29, 0.717) is 19.3 Å². The number of phosphoric acid groups is 1. The van der Waals surface area contributed by atoms with Gasteiger partial charge in [-0.15, -0.1) is 0 Å². The molecule has 3 N–H and O–H groups in total. The zero-order valence-electron chi connectivity index (χ0n) is 30.4. The highest BCUT2D eigenvalue weighted by atomic mass is 31.2. The average Bonchev–Trinajstić information content (AvgIpc) is 3.06. The number of unbranched alkanes of at least 4 members (excludes halogenated alkanes) is 12. The van der Waals surface area contributed by atoms with Gasteiger partial charge in [0.2, 0.25) is 0 Å². The fraction of sp³-hybridized carbons (Fsp3) is 0.692. The first-order valence-corrected chi connectivity index (χ1v) is 20.2. The summed E-state index contributed by atoms with van der Waals surface area (Å²) in [4.78, 5) is 42.7. The fourth-order valence-electron chi connectivity index (χ4n) is 4.82. The van der Waals surface area contributed by atoms with Gasteiger partial charge in [-0.2, -0.15) is 0 Å². The molecular weight excluding hydrogens is 643 g/mol. The van der Waals surface area contributed by atoms with Gasteiger partial charge in [-0.25, -0.2) is 4.57 Å². The first-order valence-electron chi connectivity index (χ1n) is 18.7. The van der Waals surface area contributed by atoms with Gasteiger partial charge in [0.15, 0.2) is 6.10 Å². The zero-order valence-corrected chi connectivity index (χ0v) is 31.3. The molecule has 49 heavy (non-hydrogen) atoms. The van der Waals surface area contributed by atoms with E-state index < -0.39 is 38.6 Å². The molecule has 0 aromatic carbocycles. The molecular formula is C39H67O9P. The molecule has 0 rings (SSSR count). The van der Waals surface area contributed by atoms with E-state index in [1.807, 2.05) is 18.2 Å². The van der Waals surface area contributed by atoms with E-state index in [-0.39, 0.29) is 19.4 Å². The lowest BCUT2D eigenvalue weighted by atomic mass is 10.1. The summed E-state index contributed by atoms with van der Waals surface area (Å²) < 4.78 is 26.2. The number of aliphatic hydroxyl groups is 1. The molecule has 1 unspecified atom stereocenters. The number of esters is 2. The number of allylic oxidation sites excluding steroid dienone is 9. The molecule has 0 saturated heterocycles. The lowest BCUT2D eigenvalue weighted by Crippen LogP contribution is -2.29. The highest BCUT2D eigenvalue weighted by Crippen LogP contribution is 2.36. The van der Waals surface area contributed by atoms with E-state index in [1.165, 1.54) is 19.3 Å². The number of hydrogen-bond acceptors (Lipinski definition) is 7. The number of hydrogen-bond donors (Lipinski definition) is 3. The van der Waals surface area contributed by atoms with Crippen LogP contribution >= 0.6 is 7.82 Å². The quantitative estimate of drug-likeness (QED) is 0.0200. The van der Waals surface area contributed by atoms with Gasteiger partial charge < -0.3 is 24.4 Å². The highest BCUT2D eigenvalue weighted by Gasteiger charge is 2.22. The first-order chi connectivity index (χ1) is 23.7. The second-order valence-electron chi connectivity index (χ2n) is 12.4. The monoisotopic (exact) mass is 710 g/mol. The second kappa shape index (κ2) is 34.2. The molecule has 0 radical (unpaired) electrons. The molecule has 0 bridgehead atoms. The predicted octanol–water partition coefficient (Wildman–Crippen LogP) is 9.92. The summed E-state index contributed by atoms with van der Waals surface area (Å²) in [5.74, 6) is -0.984. The van der Waals surface area contributed by atoms with E-state index >= 15 is 0 Å². The number of phosphoric ester groups is 1. The summed E-state index contributed by atoms with van der Waals surface area (Å²) in [5.41, 5.74) is 0. The van der Waals surface area contributed by atoms with Crippen LogP contribution in [-0.4, -0.2) is 52.3 Å². The number of ether oxygens (including phenoxy) is 2. The number of carbonyl (C=O) groups is 2. The van der Waals surface area contributed by atoms with Crippen molar-refractivity contribution in [3.8, 4) is 0 Å². The third kappa shape index (κ3) is 36.8. The van der Waals surface area contributed by atoms with Crippen LogP contribution in [0.4, 0.5) is 0 Å². The van der Waals surface area contributed by atoms with E-state index in [0.717, 1.165) is 83.5 Å². The lowest BCUT2D eigenvalue weighted by Gasteiger charge is -2.18. The topological polar surface area (TPSA) is 140 Å². The summed E-state index contributed by atoms with van der Waals surface area (Å²) in [7, 11) is -4.78. The molecule has 0 aliphatic rings. The van der Waals surface area contributed by atoms with Crippen LogP contribution in [0.1, 0.15) is 149 Å². The Bertz CT molecular complexity index is 996. The highest BCUT2D eigenvalue weighted by molar-refractivity contribution is 7.46. The van der Waals surface area contributed by atoms with Crippen molar-refractivity contribution in [3.63, 3.8) is 0 Å². The molecule has 0 aromatic heterocycles. The van der Waals surface area contributed by atoms with Gasteiger partial charge in [0.05, 0.1) is 12.7 Å². The van der Waals surface area contributed by atoms with Crippen LogP contribution < -0.4 is 0 Å². The van der Waals surface area contributed by atoms with Crippen LogP contribution in [0, 0.1) is 0 Å². The maximum atomic E-state index is 12.4. The third-order valence-electron chi connectivity index (χ3n) is 7.62. The molecule has 10 heteroatoms. The van der Waals surface area contributed by atoms with Gasteiger partial charge in [0.1, 0.15) is 6.61 Å². The van der Waals surface area contributed by atoms with Crippen molar-refractivity contribution >= 4 is 19.8 Å². The molecule has 282 valence electrons. The minimum atomic E-state index is -4.78. The molecule has 0 saturated carbocycles. The Labute approximate surface area is 297 Å². The Kier molecular flexibility index (Phi) is 32.6. The Morgan fingerprint density at radius 2 is 1.22 bits per heavy atom. The minimum Gasteiger partial charge on any atom is -0.462 e. The molecule has 0 fully saturated rings. The van der Waals surface area contributed by atoms with Crippen LogP contribution in [-0.2, 0) is 28.2 Å². The van der Waals surface area contributed by atoms with Crippen LogP contribution in [0.25, 0.3) is 0 Å². The maximum absolute atomic E-state index is 12.4. The maximum Gasteiger partial charge on any atom is 0.469 e. The van der Waals surface area contributed by atoms with Crippen molar-refractivity contribution in [2.45, 2.75) is 161 Å². The van der Waals surface area contributed by atoms with Gasteiger partial charge >= 0.3 is 19.8 Å². The second-order valence-corrected chi connectivity index (χ2v) is 13.6. The van der Waals surface area contributed by atoms with Crippen molar-refractivity contribution in [1.29, 1.82) is 0 Å². The van der Waals surface area contributed by atoms with Gasteiger partial charge in [-0.1, -0.05) is 132 Å². The fourth-order valence-corrected chi connectivity index (χ4v) is 5.18. The first kappa shape index (κ1) is 46.7. The summed E-state index contributed by atoms with van der Waals surface area (Å²) in [6, 6.07) is 0. The number of rotatable bonds is 33. The zero-order chi connectivity index (χ0) is 36.3. The van der Waals surface area contributed by atoms with Crippen LogP contribution in [0.2, 0.25) is 0 Å². The summed E-state index contributed by atoms with van der Waals surface area (Å²) in [6.45, 7) is 3.41. The molecule has 9 nitrogen and oxygen atoms in total. The summed E-state index contributed by atoms with van der Waals surface area (Å²) >= 11 is 0. The molecule has 0 spiro atoms. The largest absolute Gasteiger partial charge is 0.469 e. The van der Waals surface area contributed by atoms with E-state index in [2.05, 4.69) is 54.8 Å². The number of carbonyl (C=O) groups excluding carboxylic acids is 2. The number of aliphatic hydroxyl groups excluding tert-OH is 1. The van der Waals surface area contributed by atoms with Crippen molar-refractivity contribution in [1.82, 2.24) is 0 Å². The van der Waals surface area contributed by atoms with Crippen LogP contribution in [0.3, 0.4) is 0 Å². The summed E-state index contributed by atoms with van der Waals surface area (Å²) in [6.07, 6.45) is 38.2. The minimum absolute atomic E-state index is 0.173. The molecule has 0 aliphatic carbocycles. The average molecular weight is 711 g/mol. The Hall–Kier alpha value is -2.29. The Balaban J connectivity index is 4.10. The molecule has 2 atom stereocenters. The van der Waals surface area contributed by atoms with E-state index in [9.17, 15) is 19.3 Å². The SMILES string of the molecule is CC/C=C/C/C=C/C=C/C(O)CCCCCCCC(=O)OC[C@H](COP(=O)(O)O)OC(=O)CCCCCCC/C=C\C/C=C\CCCCC. The predicted molar refractivity (Wildman–Crippen MR) is 199 cm³/mol. The van der Waals surface area contributed by atoms with Gasteiger partial charge in [0, 0.05) is 12.8 Å². The van der Waals surface area contributed by atoms with Crippen molar-refractivity contribution < 1.29 is 43.0 Å². The third-order valence-corrected chi connectivity index (χ3v) is 8.11. The molecule has 0 amide bonds. The van der Waals surface area contributed by atoms with E-state index in [1.54, 1.807) is 6.08 Å². The van der Waals surface area contributed by atoms with Crippen molar-refractivity contribution in [2.24, 2.45) is 0 Å². The van der Waals surface area contributed by atoms with Gasteiger partial charge in [-0.05, 0) is 64.2 Å². The molecule has 0 aromatic rings. The van der Waals surface area contributed by atoms with Gasteiger partial charge in [0.25, 0.3) is 0 Å². The smallest absolute Gasteiger partial charge is 0.462 e. The van der Waals surface area contributed by atoms with Gasteiger partial charge in [-0.3, -0.25) is 14.1 Å². The normalized spacial score (nSPS) is 13.8. The van der Waals surface area contributed by atoms with Crippen LogP contribution in [0.15, 0.2) is 60.8 Å². The standard InChI is InChI=1S/C39H67O9P/c1-3-5-7-9-11-12-13-14-15-16-17-18-20-24-29-33-39(42)48-37(35-47-49(43,44)45)34-46-38(41)32-28-25-21-23-27-31-36(40)30-26-22-19-10-8-6-4-2/h6,8,11-12,14-15,19,22,26,30,36-37,40H,3-5,7,9-10,13,16-18,20-21,23-25,27-29,31-35H2,1-2H3,(H2,43,44,45)/b8-6+,12-11-,15-14-,22-19+,30-26+/t36?,37-/m1/s1.